The number of amides is 1. The monoisotopic (exact) mass is 338 g/mol. The molecule has 0 aliphatic carbocycles. The van der Waals surface area contributed by atoms with E-state index in [1.807, 2.05) is 30.3 Å². The number of ether oxygens (including phenoxy) is 1. The molecular formula is C17H14N4O2S. The number of aromatic nitrogens is 2. The van der Waals surface area contributed by atoms with Crippen LogP contribution in [0.5, 0.6) is 5.88 Å². The Hall–Kier alpha value is -2.93. The number of pyridine rings is 1. The van der Waals surface area contributed by atoms with Crippen molar-refractivity contribution in [3.63, 3.8) is 0 Å². The van der Waals surface area contributed by atoms with Crippen LogP contribution >= 0.6 is 11.3 Å². The van der Waals surface area contributed by atoms with Crippen molar-refractivity contribution in [1.29, 1.82) is 0 Å². The lowest BCUT2D eigenvalue weighted by Crippen LogP contribution is -2.42. The highest BCUT2D eigenvalue weighted by molar-refractivity contribution is 7.09. The summed E-state index contributed by atoms with van der Waals surface area (Å²) in [5.41, 5.74) is 3.90. The molecule has 24 heavy (non-hydrogen) atoms. The first-order valence-electron chi connectivity index (χ1n) is 7.35. The van der Waals surface area contributed by atoms with Gasteiger partial charge in [0, 0.05) is 18.0 Å². The van der Waals surface area contributed by atoms with Crippen molar-refractivity contribution in [3.05, 3.63) is 64.7 Å². The molecule has 1 aromatic carbocycles. The first-order chi connectivity index (χ1) is 11.8. The Kier molecular flexibility index (Phi) is 3.62. The average molecular weight is 338 g/mol. The summed E-state index contributed by atoms with van der Waals surface area (Å²) in [5, 5.41) is 3.42. The van der Waals surface area contributed by atoms with Gasteiger partial charge >= 0.3 is 0 Å². The highest BCUT2D eigenvalue weighted by atomic mass is 32.1. The minimum Gasteiger partial charge on any atom is -0.481 e. The Bertz CT molecular complexity index is 865. The molecule has 3 aromatic rings. The van der Waals surface area contributed by atoms with Gasteiger partial charge in [0.05, 0.1) is 34.9 Å². The molecule has 120 valence electrons. The molecule has 1 atom stereocenters. The van der Waals surface area contributed by atoms with Gasteiger partial charge in [-0.2, -0.15) is 0 Å². The molecule has 0 spiro atoms. The van der Waals surface area contributed by atoms with E-state index in [9.17, 15) is 4.79 Å². The Morgan fingerprint density at radius 3 is 2.79 bits per heavy atom. The van der Waals surface area contributed by atoms with Gasteiger partial charge in [0.2, 0.25) is 5.88 Å². The Balaban J connectivity index is 1.82. The van der Waals surface area contributed by atoms with Gasteiger partial charge < -0.3 is 10.1 Å². The highest BCUT2D eigenvalue weighted by Gasteiger charge is 2.34. The second-order valence-corrected chi connectivity index (χ2v) is 6.15. The standard InChI is InChI=1S/C17H14N4O2S/c1-23-15-7-6-11(8-19-15)21-16(14-9-18-10-24-14)20-13-5-3-2-4-12(13)17(21)22/h2-10,16,20H,1H3. The van der Waals surface area contributed by atoms with Crippen LogP contribution in [0, 0.1) is 0 Å². The van der Waals surface area contributed by atoms with Crippen molar-refractivity contribution >= 4 is 28.6 Å². The number of fused-ring (bicyclic) bond motifs is 1. The van der Waals surface area contributed by atoms with Gasteiger partial charge in [0.1, 0.15) is 6.17 Å². The van der Waals surface area contributed by atoms with Gasteiger partial charge in [0.15, 0.2) is 0 Å². The van der Waals surface area contributed by atoms with Crippen LogP contribution in [-0.4, -0.2) is 23.0 Å². The maximum Gasteiger partial charge on any atom is 0.262 e. The normalized spacial score (nSPS) is 16.5. The number of carbonyl (C=O) groups is 1. The van der Waals surface area contributed by atoms with Gasteiger partial charge in [-0.15, -0.1) is 11.3 Å². The van der Waals surface area contributed by atoms with Crippen LogP contribution in [0.4, 0.5) is 11.4 Å². The van der Waals surface area contributed by atoms with E-state index < -0.39 is 0 Å². The van der Waals surface area contributed by atoms with E-state index in [0.717, 1.165) is 10.6 Å². The maximum absolute atomic E-state index is 13.1. The van der Waals surface area contributed by atoms with Crippen LogP contribution in [0.25, 0.3) is 0 Å². The second-order valence-electron chi connectivity index (χ2n) is 5.23. The highest BCUT2D eigenvalue weighted by Crippen LogP contribution is 2.37. The number of hydrogen-bond acceptors (Lipinski definition) is 6. The average Bonchev–Trinajstić information content (AvgIpc) is 3.16. The van der Waals surface area contributed by atoms with Crippen molar-refractivity contribution in [1.82, 2.24) is 9.97 Å². The molecule has 0 saturated carbocycles. The number of benzene rings is 1. The maximum atomic E-state index is 13.1. The van der Waals surface area contributed by atoms with E-state index >= 15 is 0 Å². The smallest absolute Gasteiger partial charge is 0.262 e. The van der Waals surface area contributed by atoms with Crippen LogP contribution in [-0.2, 0) is 0 Å². The number of rotatable bonds is 3. The lowest BCUT2D eigenvalue weighted by molar-refractivity contribution is 0.0975. The summed E-state index contributed by atoms with van der Waals surface area (Å²) in [6, 6.07) is 11.1. The van der Waals surface area contributed by atoms with Crippen molar-refractivity contribution < 1.29 is 9.53 Å². The molecule has 1 aliphatic rings. The molecule has 1 aliphatic heterocycles. The molecule has 0 fully saturated rings. The Morgan fingerprint density at radius 1 is 1.21 bits per heavy atom. The first kappa shape index (κ1) is 14.6. The number of hydrogen-bond donors (Lipinski definition) is 1. The number of anilines is 2. The second kappa shape index (κ2) is 5.93. The summed E-state index contributed by atoms with van der Waals surface area (Å²) < 4.78 is 5.10. The molecule has 0 saturated heterocycles. The van der Waals surface area contributed by atoms with Crippen molar-refractivity contribution in [2.24, 2.45) is 0 Å². The van der Waals surface area contributed by atoms with Gasteiger partial charge in [0.25, 0.3) is 5.91 Å². The summed E-state index contributed by atoms with van der Waals surface area (Å²) >= 11 is 1.50. The predicted octanol–water partition coefficient (Wildman–Crippen LogP) is 3.32. The van der Waals surface area contributed by atoms with Gasteiger partial charge in [-0.25, -0.2) is 4.98 Å². The molecule has 0 radical (unpaired) electrons. The van der Waals surface area contributed by atoms with E-state index in [1.165, 1.54) is 11.3 Å². The van der Waals surface area contributed by atoms with E-state index in [1.54, 1.807) is 36.0 Å². The molecule has 1 unspecified atom stereocenters. The summed E-state index contributed by atoms with van der Waals surface area (Å²) in [6.07, 6.45) is 3.09. The molecule has 2 aromatic heterocycles. The molecule has 3 heterocycles. The third kappa shape index (κ3) is 2.39. The minimum atomic E-state index is -0.324. The third-order valence-electron chi connectivity index (χ3n) is 3.86. The molecule has 1 N–H and O–H groups in total. The fourth-order valence-electron chi connectivity index (χ4n) is 2.72. The summed E-state index contributed by atoms with van der Waals surface area (Å²) in [4.78, 5) is 24.1. The lowest BCUT2D eigenvalue weighted by atomic mass is 10.1. The Morgan fingerprint density at radius 2 is 2.08 bits per heavy atom. The van der Waals surface area contributed by atoms with Crippen LogP contribution < -0.4 is 15.0 Å². The number of carbonyl (C=O) groups excluding carboxylic acids is 1. The zero-order valence-electron chi connectivity index (χ0n) is 12.8. The summed E-state index contributed by atoms with van der Waals surface area (Å²) in [7, 11) is 1.56. The van der Waals surface area contributed by atoms with Crippen molar-refractivity contribution in [2.75, 3.05) is 17.3 Å². The van der Waals surface area contributed by atoms with Crippen LogP contribution in [0.3, 0.4) is 0 Å². The zero-order valence-corrected chi connectivity index (χ0v) is 13.7. The quantitative estimate of drug-likeness (QED) is 0.793. The minimum absolute atomic E-state index is 0.0743. The number of nitrogens with zero attached hydrogens (tertiary/aromatic N) is 3. The largest absolute Gasteiger partial charge is 0.481 e. The summed E-state index contributed by atoms with van der Waals surface area (Å²) in [5.74, 6) is 0.431. The predicted molar refractivity (Wildman–Crippen MR) is 92.5 cm³/mol. The van der Waals surface area contributed by atoms with E-state index in [2.05, 4.69) is 15.3 Å². The molecular weight excluding hydrogens is 324 g/mol. The first-order valence-corrected chi connectivity index (χ1v) is 8.23. The van der Waals surface area contributed by atoms with Crippen LogP contribution in [0.2, 0.25) is 0 Å². The zero-order chi connectivity index (χ0) is 16.5. The number of thiazole rings is 1. The van der Waals surface area contributed by atoms with Crippen molar-refractivity contribution in [2.45, 2.75) is 6.17 Å². The number of nitrogens with one attached hydrogen (secondary N) is 1. The van der Waals surface area contributed by atoms with Crippen LogP contribution in [0.15, 0.2) is 54.3 Å². The molecule has 6 nitrogen and oxygen atoms in total. The number of para-hydroxylation sites is 1. The van der Waals surface area contributed by atoms with E-state index in [0.29, 0.717) is 17.1 Å². The fraction of sp³-hybridized carbons (Fsp3) is 0.118. The third-order valence-corrected chi connectivity index (χ3v) is 4.68. The molecule has 1 amide bonds. The summed E-state index contributed by atoms with van der Waals surface area (Å²) in [6.45, 7) is 0. The molecule has 7 heteroatoms. The lowest BCUT2D eigenvalue weighted by Gasteiger charge is -2.37. The van der Waals surface area contributed by atoms with E-state index in [4.69, 9.17) is 4.74 Å². The molecule has 4 rings (SSSR count). The van der Waals surface area contributed by atoms with Gasteiger partial charge in [-0.05, 0) is 18.2 Å². The Labute approximate surface area is 142 Å². The van der Waals surface area contributed by atoms with Crippen LogP contribution in [0.1, 0.15) is 21.4 Å². The number of methoxy groups -OCH3 is 1. The van der Waals surface area contributed by atoms with Gasteiger partial charge in [-0.1, -0.05) is 12.1 Å². The SMILES string of the molecule is COc1ccc(N2C(=O)c3ccccc3NC2c2cncs2)cn1. The van der Waals surface area contributed by atoms with Crippen molar-refractivity contribution in [3.8, 4) is 5.88 Å². The topological polar surface area (TPSA) is 67.3 Å². The molecule has 0 bridgehead atoms. The fourth-order valence-corrected chi connectivity index (χ4v) is 3.37. The van der Waals surface area contributed by atoms with Gasteiger partial charge in [-0.3, -0.25) is 14.7 Å². The van der Waals surface area contributed by atoms with E-state index in [-0.39, 0.29) is 12.1 Å².